The molecule has 1 aromatic heterocycles. The highest BCUT2D eigenvalue weighted by atomic mass is 32.1. The Morgan fingerprint density at radius 2 is 2.33 bits per heavy atom. The molecule has 0 spiro atoms. The minimum Gasteiger partial charge on any atom is -0.465 e. The fourth-order valence-electron chi connectivity index (χ4n) is 1.67. The minimum absolute atomic E-state index is 0.239. The average Bonchev–Trinajstić information content (AvgIpc) is 2.88. The van der Waals surface area contributed by atoms with Gasteiger partial charge in [-0.05, 0) is 35.7 Å². The highest BCUT2D eigenvalue weighted by Crippen LogP contribution is 2.15. The van der Waals surface area contributed by atoms with Gasteiger partial charge in [-0.15, -0.1) is 0 Å². The number of hydrogen-bond donors (Lipinski definition) is 2. The van der Waals surface area contributed by atoms with Crippen LogP contribution >= 0.6 is 11.3 Å². The standard InChI is InChI=1S/C13H21NO3S/c1-3-5-11(13(16)17-4-2)14-8-12(15)10-6-7-18-9-10/h6-7,9,11-12,14-15H,3-5,8H2,1-2H3. The van der Waals surface area contributed by atoms with Crippen molar-refractivity contribution in [1.82, 2.24) is 5.32 Å². The molecule has 1 aromatic rings. The lowest BCUT2D eigenvalue weighted by Gasteiger charge is -2.18. The number of ether oxygens (including phenoxy) is 1. The van der Waals surface area contributed by atoms with Gasteiger partial charge in [0.2, 0.25) is 0 Å². The average molecular weight is 271 g/mol. The van der Waals surface area contributed by atoms with Crippen LogP contribution < -0.4 is 5.32 Å². The summed E-state index contributed by atoms with van der Waals surface area (Å²) in [5.41, 5.74) is 0.881. The van der Waals surface area contributed by atoms with Crippen molar-refractivity contribution >= 4 is 17.3 Å². The maximum atomic E-state index is 11.7. The zero-order valence-electron chi connectivity index (χ0n) is 10.9. The summed E-state index contributed by atoms with van der Waals surface area (Å²) in [4.78, 5) is 11.7. The Labute approximate surface area is 112 Å². The predicted molar refractivity (Wildman–Crippen MR) is 72.6 cm³/mol. The number of aliphatic hydroxyl groups is 1. The molecule has 5 heteroatoms. The number of hydrogen-bond acceptors (Lipinski definition) is 5. The Hall–Kier alpha value is -0.910. The highest BCUT2D eigenvalue weighted by Gasteiger charge is 2.19. The van der Waals surface area contributed by atoms with E-state index in [2.05, 4.69) is 5.32 Å². The summed E-state index contributed by atoms with van der Waals surface area (Å²) in [5, 5.41) is 16.8. The van der Waals surface area contributed by atoms with Crippen LogP contribution in [0.5, 0.6) is 0 Å². The molecule has 0 saturated heterocycles. The van der Waals surface area contributed by atoms with Gasteiger partial charge in [0.15, 0.2) is 0 Å². The van der Waals surface area contributed by atoms with Crippen molar-refractivity contribution in [3.63, 3.8) is 0 Å². The van der Waals surface area contributed by atoms with Crippen LogP contribution in [-0.4, -0.2) is 30.3 Å². The van der Waals surface area contributed by atoms with Gasteiger partial charge in [-0.3, -0.25) is 4.79 Å². The minimum atomic E-state index is -0.579. The van der Waals surface area contributed by atoms with Crippen molar-refractivity contribution in [3.8, 4) is 0 Å². The van der Waals surface area contributed by atoms with Gasteiger partial charge < -0.3 is 15.2 Å². The molecular formula is C13H21NO3S. The maximum Gasteiger partial charge on any atom is 0.323 e. The Morgan fingerprint density at radius 3 is 2.89 bits per heavy atom. The molecule has 2 unspecified atom stereocenters. The van der Waals surface area contributed by atoms with Gasteiger partial charge in [-0.1, -0.05) is 13.3 Å². The number of nitrogens with one attached hydrogen (secondary N) is 1. The maximum absolute atomic E-state index is 11.7. The first kappa shape index (κ1) is 15.1. The van der Waals surface area contributed by atoms with E-state index in [9.17, 15) is 9.90 Å². The molecule has 1 rings (SSSR count). The molecule has 1 heterocycles. The molecule has 0 amide bonds. The van der Waals surface area contributed by atoms with E-state index in [-0.39, 0.29) is 12.0 Å². The van der Waals surface area contributed by atoms with Gasteiger partial charge in [0, 0.05) is 6.54 Å². The van der Waals surface area contributed by atoms with E-state index in [0.29, 0.717) is 13.2 Å². The SMILES string of the molecule is CCCC(NCC(O)c1ccsc1)C(=O)OCC. The highest BCUT2D eigenvalue weighted by molar-refractivity contribution is 7.07. The van der Waals surface area contributed by atoms with Gasteiger partial charge in [0.1, 0.15) is 6.04 Å². The van der Waals surface area contributed by atoms with Gasteiger partial charge in [-0.2, -0.15) is 11.3 Å². The summed E-state index contributed by atoms with van der Waals surface area (Å²) in [6, 6.07) is 1.55. The molecule has 0 aliphatic carbocycles. The molecule has 4 nitrogen and oxygen atoms in total. The van der Waals surface area contributed by atoms with Gasteiger partial charge in [0.25, 0.3) is 0 Å². The Balaban J connectivity index is 2.44. The largest absolute Gasteiger partial charge is 0.465 e. The zero-order chi connectivity index (χ0) is 13.4. The second-order valence-electron chi connectivity index (χ2n) is 4.07. The third-order valence-electron chi connectivity index (χ3n) is 2.63. The third kappa shape index (κ3) is 4.76. The quantitative estimate of drug-likeness (QED) is 0.711. The molecule has 0 radical (unpaired) electrons. The van der Waals surface area contributed by atoms with Crippen molar-refractivity contribution in [3.05, 3.63) is 22.4 Å². The second-order valence-corrected chi connectivity index (χ2v) is 4.85. The fraction of sp³-hybridized carbons (Fsp3) is 0.615. The molecule has 2 N–H and O–H groups in total. The van der Waals surface area contributed by atoms with Crippen LogP contribution in [0.25, 0.3) is 0 Å². The smallest absolute Gasteiger partial charge is 0.323 e. The zero-order valence-corrected chi connectivity index (χ0v) is 11.7. The summed E-state index contributed by atoms with van der Waals surface area (Å²) in [6.07, 6.45) is 1.03. The lowest BCUT2D eigenvalue weighted by molar-refractivity contribution is -0.146. The first-order valence-electron chi connectivity index (χ1n) is 6.29. The van der Waals surface area contributed by atoms with Crippen molar-refractivity contribution < 1.29 is 14.6 Å². The van der Waals surface area contributed by atoms with Crippen molar-refractivity contribution in [2.24, 2.45) is 0 Å². The Bertz CT molecular complexity index is 340. The van der Waals surface area contributed by atoms with Gasteiger partial charge >= 0.3 is 5.97 Å². The molecular weight excluding hydrogens is 250 g/mol. The van der Waals surface area contributed by atoms with Gasteiger partial charge in [-0.25, -0.2) is 0 Å². The van der Waals surface area contributed by atoms with Crippen LogP contribution in [0.15, 0.2) is 16.8 Å². The number of carbonyl (C=O) groups is 1. The van der Waals surface area contributed by atoms with Crippen LogP contribution in [0.1, 0.15) is 38.4 Å². The van der Waals surface area contributed by atoms with E-state index in [0.717, 1.165) is 18.4 Å². The summed E-state index contributed by atoms with van der Waals surface area (Å²) < 4.78 is 5.00. The number of carbonyl (C=O) groups excluding carboxylic acids is 1. The molecule has 0 aliphatic rings. The monoisotopic (exact) mass is 271 g/mol. The molecule has 2 atom stereocenters. The van der Waals surface area contributed by atoms with Crippen LogP contribution in [0, 0.1) is 0 Å². The summed E-state index contributed by atoms with van der Waals surface area (Å²) in [6.45, 7) is 4.55. The van der Waals surface area contributed by atoms with Crippen LogP contribution in [0.2, 0.25) is 0 Å². The summed E-state index contributed by atoms with van der Waals surface area (Å²) in [7, 11) is 0. The number of thiophene rings is 1. The number of aliphatic hydroxyl groups excluding tert-OH is 1. The van der Waals surface area contributed by atoms with E-state index in [1.54, 1.807) is 18.3 Å². The van der Waals surface area contributed by atoms with Crippen molar-refractivity contribution in [1.29, 1.82) is 0 Å². The lowest BCUT2D eigenvalue weighted by Crippen LogP contribution is -2.40. The number of rotatable bonds is 8. The summed E-state index contributed by atoms with van der Waals surface area (Å²) >= 11 is 1.55. The molecule has 0 aromatic carbocycles. The van der Waals surface area contributed by atoms with Crippen LogP contribution in [-0.2, 0) is 9.53 Å². The third-order valence-corrected chi connectivity index (χ3v) is 3.34. The lowest BCUT2D eigenvalue weighted by atomic mass is 10.1. The molecule has 18 heavy (non-hydrogen) atoms. The number of esters is 1. The van der Waals surface area contributed by atoms with E-state index in [1.165, 1.54) is 0 Å². The second kappa shape index (κ2) is 8.24. The van der Waals surface area contributed by atoms with E-state index in [1.807, 2.05) is 23.8 Å². The van der Waals surface area contributed by atoms with E-state index >= 15 is 0 Å². The Morgan fingerprint density at radius 1 is 1.56 bits per heavy atom. The Kier molecular flexibility index (Phi) is 6.93. The molecule has 0 fully saturated rings. The molecule has 0 bridgehead atoms. The molecule has 0 saturated carbocycles. The van der Waals surface area contributed by atoms with Crippen LogP contribution in [0.4, 0.5) is 0 Å². The van der Waals surface area contributed by atoms with E-state index in [4.69, 9.17) is 4.74 Å². The molecule has 102 valence electrons. The van der Waals surface area contributed by atoms with Crippen molar-refractivity contribution in [2.75, 3.05) is 13.2 Å². The topological polar surface area (TPSA) is 58.6 Å². The molecule has 0 aliphatic heterocycles. The van der Waals surface area contributed by atoms with Crippen molar-refractivity contribution in [2.45, 2.75) is 38.8 Å². The normalized spacial score (nSPS) is 14.2. The van der Waals surface area contributed by atoms with Gasteiger partial charge in [0.05, 0.1) is 12.7 Å². The van der Waals surface area contributed by atoms with E-state index < -0.39 is 6.10 Å². The first-order valence-corrected chi connectivity index (χ1v) is 7.23. The predicted octanol–water partition coefficient (Wildman–Crippen LogP) is 2.10. The summed E-state index contributed by atoms with van der Waals surface area (Å²) in [5.74, 6) is -0.239. The fourth-order valence-corrected chi connectivity index (χ4v) is 2.38. The first-order chi connectivity index (χ1) is 8.69. The van der Waals surface area contributed by atoms with Crippen LogP contribution in [0.3, 0.4) is 0 Å².